The van der Waals surface area contributed by atoms with Crippen LogP contribution in [0.15, 0.2) is 77.6 Å². The first-order chi connectivity index (χ1) is 39.8. The number of pyridine rings is 1. The van der Waals surface area contributed by atoms with Crippen LogP contribution in [0.4, 0.5) is 20.4 Å². The number of ether oxygens (including phenoxy) is 1. The highest BCUT2D eigenvalue weighted by Crippen LogP contribution is 2.40. The van der Waals surface area contributed by atoms with Gasteiger partial charge in [0.15, 0.2) is 17.4 Å². The smallest absolute Gasteiger partial charge is 0.319 e. The van der Waals surface area contributed by atoms with Crippen molar-refractivity contribution in [3.8, 4) is 46.6 Å². The predicted molar refractivity (Wildman–Crippen MR) is 309 cm³/mol. The number of terminal acetylenes is 1. The fourth-order valence-corrected chi connectivity index (χ4v) is 13.2. The zero-order valence-corrected chi connectivity index (χ0v) is 47.0. The van der Waals surface area contributed by atoms with E-state index in [0.717, 1.165) is 101 Å². The van der Waals surface area contributed by atoms with Gasteiger partial charge in [-0.25, -0.2) is 8.78 Å². The normalized spacial score (nSPS) is 20.7. The standard InChI is InChI=1S/C62H71F2N13O5/c1-6-46-49(63)16-13-42-30-45(78)31-47(55(42)46)57-56(64)58-48(33-65-57)59(76-35-43-14-15-44(36-76)68-43)70-62(69-58)81-29-28-73-22-18-39(19-23-73)34-74-24-26-75(27-25-74)53-32-52(82-71-53)54(37(2)3)61(80)77-21-7-8-51(77)60(79)67-38(4)40-9-11-41(12-10-40)50-17-20-66-72(50)5/h1,9-13,16-17,20,30-33,37-39,43-44,51,54,68,78H,7-8,14-15,18-19,21-29,34-36H2,2-5H3,(H,67,79)/t38-,43?,44?,51-,54-/m0/s1. The van der Waals surface area contributed by atoms with Crippen LogP contribution < -0.4 is 25.2 Å². The van der Waals surface area contributed by atoms with E-state index in [-0.39, 0.29) is 75.3 Å². The molecule has 0 aliphatic carbocycles. The maximum Gasteiger partial charge on any atom is 0.319 e. The third-order valence-electron chi connectivity index (χ3n) is 17.6. The molecular formula is C62H71F2N13O5. The molecule has 0 radical (unpaired) electrons. The van der Waals surface area contributed by atoms with E-state index >= 15 is 8.78 Å². The van der Waals surface area contributed by atoms with Crippen LogP contribution in [0.3, 0.4) is 0 Å². The molecule has 5 saturated heterocycles. The minimum atomic E-state index is -0.745. The zero-order chi connectivity index (χ0) is 56.8. The van der Waals surface area contributed by atoms with Crippen LogP contribution in [0.1, 0.15) is 88.1 Å². The molecule has 20 heteroatoms. The molecule has 5 fully saturated rings. The molecule has 5 aliphatic rings. The number of benzene rings is 3. The van der Waals surface area contributed by atoms with Crippen LogP contribution in [0, 0.1) is 35.8 Å². The van der Waals surface area contributed by atoms with Crippen LogP contribution in [-0.4, -0.2) is 158 Å². The molecule has 4 aromatic heterocycles. The summed E-state index contributed by atoms with van der Waals surface area (Å²) in [6.07, 6.45) is 14.6. The van der Waals surface area contributed by atoms with Gasteiger partial charge in [0.05, 0.1) is 22.7 Å². The molecule has 428 valence electrons. The number of halogens is 2. The minimum absolute atomic E-state index is 0.0201. The highest BCUT2D eigenvalue weighted by molar-refractivity contribution is 6.03. The van der Waals surface area contributed by atoms with Gasteiger partial charge >= 0.3 is 6.01 Å². The van der Waals surface area contributed by atoms with Crippen molar-refractivity contribution < 1.29 is 32.7 Å². The van der Waals surface area contributed by atoms with Crippen molar-refractivity contribution in [1.82, 2.24) is 55.2 Å². The summed E-state index contributed by atoms with van der Waals surface area (Å²) in [6.45, 7) is 15.1. The molecule has 3 N–H and O–H groups in total. The summed E-state index contributed by atoms with van der Waals surface area (Å²) in [5, 5.41) is 27.5. The van der Waals surface area contributed by atoms with Gasteiger partial charge in [-0.3, -0.25) is 29.1 Å². The Morgan fingerprint density at radius 2 is 1.67 bits per heavy atom. The van der Waals surface area contributed by atoms with Crippen molar-refractivity contribution in [2.24, 2.45) is 18.9 Å². The molecule has 0 spiro atoms. The number of nitrogens with zero attached hydrogens (tertiary/aromatic N) is 11. The third kappa shape index (κ3) is 11.0. The van der Waals surface area contributed by atoms with E-state index in [2.05, 4.69) is 56.4 Å². The summed E-state index contributed by atoms with van der Waals surface area (Å²) >= 11 is 0. The van der Waals surface area contributed by atoms with Gasteiger partial charge in [0.25, 0.3) is 0 Å². The molecule has 12 rings (SSSR count). The lowest BCUT2D eigenvalue weighted by molar-refractivity contribution is -0.141. The molecule has 9 heterocycles. The average Bonchev–Trinajstić information content (AvgIpc) is 3.83. The van der Waals surface area contributed by atoms with Gasteiger partial charge in [-0.1, -0.05) is 55.3 Å². The number of piperidine rings is 1. The number of nitrogens with one attached hydrogen (secondary N) is 2. The van der Waals surface area contributed by atoms with Crippen molar-refractivity contribution in [2.45, 2.75) is 89.4 Å². The van der Waals surface area contributed by atoms with Gasteiger partial charge in [-0.15, -0.1) is 6.42 Å². The Morgan fingerprint density at radius 1 is 0.902 bits per heavy atom. The van der Waals surface area contributed by atoms with Crippen LogP contribution in [0.25, 0.3) is 44.2 Å². The van der Waals surface area contributed by atoms with Crippen LogP contribution in [-0.2, 0) is 16.6 Å². The minimum Gasteiger partial charge on any atom is -0.508 e. The number of carbonyl (C=O) groups excluding carboxylic acids is 2. The lowest BCUT2D eigenvalue weighted by Gasteiger charge is -2.38. The Bertz CT molecular complexity index is 3520. The Labute approximate surface area is 476 Å². The number of phenols is 1. The number of hydrogen-bond acceptors (Lipinski definition) is 15. The quantitative estimate of drug-likeness (QED) is 0.0801. The number of likely N-dealkylation sites (tertiary alicyclic amines) is 2. The second-order valence-electron chi connectivity index (χ2n) is 23.3. The molecule has 0 saturated carbocycles. The Kier molecular flexibility index (Phi) is 15.6. The van der Waals surface area contributed by atoms with Gasteiger partial charge in [0, 0.05) is 107 Å². The summed E-state index contributed by atoms with van der Waals surface area (Å²) in [5.74, 6) is 2.34. The Balaban J connectivity index is 0.634. The summed E-state index contributed by atoms with van der Waals surface area (Å²) in [4.78, 5) is 53.4. The molecule has 3 aromatic carbocycles. The molecule has 5 atom stereocenters. The summed E-state index contributed by atoms with van der Waals surface area (Å²) in [7, 11) is 1.91. The van der Waals surface area contributed by atoms with Crippen molar-refractivity contribution >= 4 is 45.1 Å². The Morgan fingerprint density at radius 3 is 2.39 bits per heavy atom. The molecule has 5 aliphatic heterocycles. The van der Waals surface area contributed by atoms with Gasteiger partial charge in [-0.2, -0.15) is 15.1 Å². The maximum atomic E-state index is 17.1. The maximum absolute atomic E-state index is 17.1. The molecule has 82 heavy (non-hydrogen) atoms. The van der Waals surface area contributed by atoms with Crippen LogP contribution in [0.5, 0.6) is 11.8 Å². The largest absolute Gasteiger partial charge is 0.508 e. The summed E-state index contributed by atoms with van der Waals surface area (Å²) < 4.78 is 46.3. The average molecular weight is 1120 g/mol. The number of anilines is 2. The number of phenolic OH excluding ortho intramolecular Hbond substituents is 1. The van der Waals surface area contributed by atoms with E-state index in [0.29, 0.717) is 67.5 Å². The second-order valence-corrected chi connectivity index (χ2v) is 23.3. The summed E-state index contributed by atoms with van der Waals surface area (Å²) in [5.41, 5.74) is 3.05. The molecule has 18 nitrogen and oxygen atoms in total. The van der Waals surface area contributed by atoms with Crippen molar-refractivity contribution in [3.63, 3.8) is 0 Å². The number of rotatable bonds is 16. The number of carbonyl (C=O) groups is 2. The highest BCUT2D eigenvalue weighted by atomic mass is 19.1. The van der Waals surface area contributed by atoms with E-state index in [1.807, 2.05) is 68.9 Å². The SMILES string of the molecule is C#Cc1c(F)ccc2cc(O)cc(-c3ncc4c(N5CC6CCC(C5)N6)nc(OCCN5CCC(CN6CCN(c7cc([C@@H](C(=O)N8CCC[C@H]8C(=O)N[C@@H](C)c8ccc(-c9ccnn9C)cc8)C(C)C)on7)CC6)CC5)nc4c3F)c12. The van der Waals surface area contributed by atoms with Crippen molar-refractivity contribution in [1.29, 1.82) is 0 Å². The first kappa shape index (κ1) is 54.8. The van der Waals surface area contributed by atoms with Gasteiger partial charge < -0.3 is 39.7 Å². The van der Waals surface area contributed by atoms with E-state index in [9.17, 15) is 14.7 Å². The van der Waals surface area contributed by atoms with Gasteiger partial charge in [-0.05, 0) is 111 Å². The molecule has 7 aromatic rings. The number of aromatic nitrogens is 6. The van der Waals surface area contributed by atoms with Crippen molar-refractivity contribution in [3.05, 3.63) is 102 Å². The number of hydrogen-bond donors (Lipinski definition) is 3. The zero-order valence-electron chi connectivity index (χ0n) is 47.0. The van der Waals surface area contributed by atoms with Crippen LogP contribution in [0.2, 0.25) is 0 Å². The number of fused-ring (bicyclic) bond motifs is 4. The number of amides is 2. The second kappa shape index (κ2) is 23.3. The van der Waals surface area contributed by atoms with E-state index in [4.69, 9.17) is 20.7 Å². The van der Waals surface area contributed by atoms with Gasteiger partial charge in [0.2, 0.25) is 11.8 Å². The lowest BCUT2D eigenvalue weighted by atomic mass is 9.91. The van der Waals surface area contributed by atoms with Gasteiger partial charge in [0.1, 0.15) is 47.2 Å². The lowest BCUT2D eigenvalue weighted by Crippen LogP contribution is -2.51. The topological polar surface area (TPSA) is 186 Å². The highest BCUT2D eigenvalue weighted by Gasteiger charge is 2.41. The number of aromatic hydroxyl groups is 1. The van der Waals surface area contributed by atoms with Crippen molar-refractivity contribution in [2.75, 3.05) is 88.4 Å². The van der Waals surface area contributed by atoms with E-state index < -0.39 is 23.6 Å². The fraction of sp³-hybridized carbons (Fsp3) is 0.468. The molecule has 2 unspecified atom stereocenters. The third-order valence-corrected chi connectivity index (χ3v) is 17.6. The van der Waals surface area contributed by atoms with E-state index in [1.165, 1.54) is 24.3 Å². The first-order valence-electron chi connectivity index (χ1n) is 29.0. The molecule has 2 amide bonds. The summed E-state index contributed by atoms with van der Waals surface area (Å²) in [6, 6.07) is 17.4. The monoisotopic (exact) mass is 1120 g/mol. The van der Waals surface area contributed by atoms with Crippen LogP contribution >= 0.6 is 0 Å². The molecular weight excluding hydrogens is 1040 g/mol. The Hall–Kier alpha value is -7.73. The molecule has 2 bridgehead atoms. The fourth-order valence-electron chi connectivity index (χ4n) is 13.2. The van der Waals surface area contributed by atoms with E-state index in [1.54, 1.807) is 17.3 Å². The predicted octanol–water partition coefficient (Wildman–Crippen LogP) is 7.66. The number of piperazine rings is 2. The number of aryl methyl sites for hydroxylation is 1. The first-order valence-corrected chi connectivity index (χ1v) is 29.0.